The zero-order chi connectivity index (χ0) is 20.8. The summed E-state index contributed by atoms with van der Waals surface area (Å²) in [5, 5.41) is 0. The Morgan fingerprint density at radius 2 is 1.10 bits per heavy atom. The fourth-order valence-corrected chi connectivity index (χ4v) is 0. The first-order chi connectivity index (χ1) is 10.7. The molecule has 1 unspecified atom stereocenters. The summed E-state index contributed by atoms with van der Waals surface area (Å²) in [6.45, 7) is 20.9. The summed E-state index contributed by atoms with van der Waals surface area (Å²) in [6, 6.07) is 0. The molecule has 0 aliphatic carbocycles. The maximum atomic E-state index is 10.6. The second-order valence-electron chi connectivity index (χ2n) is 5.33. The molecular weight excluding hydrogens is 891 g/mol. The first kappa shape index (κ1) is 76.6. The summed E-state index contributed by atoms with van der Waals surface area (Å²) in [4.78, 5) is 15.9. The van der Waals surface area contributed by atoms with Crippen LogP contribution in [0.15, 0.2) is 0 Å². The number of hydrogen-bond acceptors (Lipinski definition) is 3. The van der Waals surface area contributed by atoms with E-state index in [2.05, 4.69) is 34.1 Å². The normalized spacial score (nSPS) is 8.65. The average Bonchev–Trinajstić information content (AvgIpc) is 2.48. The molecular formula is C18H48O5P3VWY3-3. The van der Waals surface area contributed by atoms with Crippen molar-refractivity contribution in [2.24, 2.45) is 5.92 Å². The third kappa shape index (κ3) is 194. The summed E-state index contributed by atoms with van der Waals surface area (Å²) >= 11 is 0. The first-order valence-electron chi connectivity index (χ1n) is 8.22. The van der Waals surface area contributed by atoms with Crippen molar-refractivity contribution >= 4 is 23.2 Å². The van der Waals surface area contributed by atoms with Crippen LogP contribution < -0.4 is 0 Å². The van der Waals surface area contributed by atoms with E-state index < -0.39 is 14.7 Å². The van der Waals surface area contributed by atoms with Crippen LogP contribution >= 0.6 is 23.2 Å². The van der Waals surface area contributed by atoms with Crippen LogP contribution in [0.2, 0.25) is 0 Å². The van der Waals surface area contributed by atoms with Gasteiger partial charge in [-0.15, -0.1) is 6.92 Å². The van der Waals surface area contributed by atoms with Crippen molar-refractivity contribution in [3.8, 4) is 0 Å². The molecule has 31 heavy (non-hydrogen) atoms. The van der Waals surface area contributed by atoms with Gasteiger partial charge in [0.25, 0.3) is 0 Å². The van der Waals surface area contributed by atoms with E-state index >= 15 is 0 Å². The maximum absolute atomic E-state index is 10.6. The van der Waals surface area contributed by atoms with E-state index in [1.807, 2.05) is 20.8 Å². The molecule has 0 aliphatic rings. The van der Waals surface area contributed by atoms with E-state index in [0.717, 1.165) is 12.3 Å². The molecule has 0 heterocycles. The molecule has 2 N–H and O–H groups in total. The van der Waals surface area contributed by atoms with Gasteiger partial charge in [0.2, 0.25) is 0 Å². The largest absolute Gasteiger partial charge is 0.370 e. The minimum atomic E-state index is -3.65. The molecule has 0 aromatic heterocycles. The fourth-order valence-electron chi connectivity index (χ4n) is 0. The van der Waals surface area contributed by atoms with Crippen LogP contribution in [0.5, 0.6) is 0 Å². The molecule has 0 bridgehead atoms. The van der Waals surface area contributed by atoms with E-state index in [9.17, 15) is 13.7 Å². The van der Waals surface area contributed by atoms with Crippen molar-refractivity contribution in [1.82, 2.24) is 0 Å². The molecule has 4 radical (unpaired) electrons. The Labute approximate surface area is 300 Å². The number of rotatable bonds is 4. The molecule has 0 aliphatic heterocycles. The van der Waals surface area contributed by atoms with Gasteiger partial charge in [-0.25, -0.2) is 0 Å². The van der Waals surface area contributed by atoms with Gasteiger partial charge in [0.05, 0.1) is 7.14 Å². The monoisotopic (exact) mass is 939 g/mol. The Hall–Kier alpha value is 5.06. The molecule has 0 saturated carbocycles. The van der Waals surface area contributed by atoms with Gasteiger partial charge in [0.1, 0.15) is 0 Å². The minimum Gasteiger partial charge on any atom is -0.370 e. The van der Waals surface area contributed by atoms with Crippen LogP contribution in [0.3, 0.4) is 0 Å². The van der Waals surface area contributed by atoms with Gasteiger partial charge in [-0.3, -0.25) is 9.13 Å². The van der Waals surface area contributed by atoms with Gasteiger partial charge in [0.15, 0.2) is 8.46 Å². The van der Waals surface area contributed by atoms with Crippen LogP contribution in [0.1, 0.15) is 62.3 Å². The molecule has 0 rings (SSSR count). The molecule has 13 heteroatoms. The predicted molar refractivity (Wildman–Crippen MR) is 124 cm³/mol. The van der Waals surface area contributed by atoms with E-state index in [-0.39, 0.29) is 167 Å². The standard InChI is InChI=1S/C5H10.C4H11OP.C3H8.C2H7O3P.C2H5OP.CH4.CH3.V.W.3Y/c1-4-5(2)3;1-4-6(2,3)5;1-3-2;1-2-6(3,4)5;1-2-4-3;;;;;;;/h4-5H,2H2,1,3H3;4H2,1-3H3;3H2,1-2H3;2H2,1H3,(H2,3,4,5);2H2,1H3;1H4;1H3;;;;;/q-2;;;;;;-1;;;;;. The van der Waals surface area contributed by atoms with Gasteiger partial charge in [-0.2, -0.15) is 6.92 Å². The predicted octanol–water partition coefficient (Wildman–Crippen LogP) is 7.28. The summed E-state index contributed by atoms with van der Waals surface area (Å²) in [5.74, 6) is 0.509. The Kier molecular flexibility index (Phi) is 148. The minimum absolute atomic E-state index is 0. The van der Waals surface area contributed by atoms with Crippen molar-refractivity contribution in [2.75, 3.05) is 31.8 Å². The van der Waals surface area contributed by atoms with Gasteiger partial charge >= 0.3 is 7.60 Å². The van der Waals surface area contributed by atoms with Crippen LogP contribution in [-0.2, 0) is 151 Å². The van der Waals surface area contributed by atoms with Gasteiger partial charge in [-0.1, -0.05) is 48.5 Å². The SMILES string of the molecule is C.CCC.CCP(=O)(O)O.CCP(C)(C)=O.CCP=O.[CH2-]C(C)[CH-]C.[CH3-].[V].[W].[Y].[Y].[Y]. The summed E-state index contributed by atoms with van der Waals surface area (Å²) in [6.07, 6.45) is 4.81. The van der Waals surface area contributed by atoms with Crippen LogP contribution in [0.25, 0.3) is 0 Å². The van der Waals surface area contributed by atoms with Crippen LogP contribution in [0.4, 0.5) is 0 Å². The molecule has 0 saturated heterocycles. The summed E-state index contributed by atoms with van der Waals surface area (Å²) in [7, 11) is -5.04. The third-order valence-corrected chi connectivity index (χ3v) is 4.48. The summed E-state index contributed by atoms with van der Waals surface area (Å²) in [5.41, 5.74) is 0. The van der Waals surface area contributed by atoms with Crippen molar-refractivity contribution in [3.63, 3.8) is 0 Å². The van der Waals surface area contributed by atoms with E-state index in [1.165, 1.54) is 13.3 Å². The van der Waals surface area contributed by atoms with E-state index in [1.54, 1.807) is 13.3 Å². The second kappa shape index (κ2) is 59.9. The van der Waals surface area contributed by atoms with Crippen molar-refractivity contribution in [1.29, 1.82) is 0 Å². The molecule has 0 fully saturated rings. The van der Waals surface area contributed by atoms with Crippen molar-refractivity contribution in [2.45, 2.75) is 62.3 Å². The smallest absolute Gasteiger partial charge is 0.325 e. The maximum Gasteiger partial charge on any atom is 0.325 e. The molecule has 0 aromatic carbocycles. The molecule has 0 spiro atoms. The Morgan fingerprint density at radius 1 is 0.968 bits per heavy atom. The van der Waals surface area contributed by atoms with Crippen LogP contribution in [-0.4, -0.2) is 41.6 Å². The summed E-state index contributed by atoms with van der Waals surface area (Å²) < 4.78 is 29.5. The molecule has 188 valence electrons. The van der Waals surface area contributed by atoms with Gasteiger partial charge in [-0.05, 0) is 19.5 Å². The van der Waals surface area contributed by atoms with Gasteiger partial charge < -0.3 is 41.0 Å². The van der Waals surface area contributed by atoms with Crippen molar-refractivity contribution in [3.05, 3.63) is 20.8 Å². The zero-order valence-corrected chi connectivity index (χ0v) is 36.3. The van der Waals surface area contributed by atoms with Gasteiger partial charge in [0, 0.05) is 150 Å². The third-order valence-electron chi connectivity index (χ3n) is 1.87. The Bertz CT molecular complexity index is 315. The van der Waals surface area contributed by atoms with E-state index in [0.29, 0.717) is 5.92 Å². The Morgan fingerprint density at radius 3 is 1.10 bits per heavy atom. The quantitative estimate of drug-likeness (QED) is 0.229. The first-order valence-corrected chi connectivity index (χ1v) is 13.8. The average molecular weight is 939 g/mol. The Balaban J connectivity index is -0.0000000140. The fraction of sp³-hybridized carbons (Fsp3) is 0.833. The molecule has 5 nitrogen and oxygen atoms in total. The zero-order valence-electron chi connectivity index (χ0n) is 20.7. The molecule has 1 atom stereocenters. The second-order valence-corrected chi connectivity index (χ2v) is 12.0. The van der Waals surface area contributed by atoms with E-state index in [4.69, 9.17) is 9.79 Å². The topological polar surface area (TPSA) is 91.7 Å². The molecule has 0 aromatic rings. The number of hydrogen-bond donors (Lipinski definition) is 2. The van der Waals surface area contributed by atoms with Crippen molar-refractivity contribution < 1.29 is 161 Å². The van der Waals surface area contributed by atoms with Crippen LogP contribution in [0, 0.1) is 26.7 Å². The molecule has 0 amide bonds.